The average molecular weight is 314 g/mol. The van der Waals surface area contributed by atoms with Gasteiger partial charge in [0.05, 0.1) is 6.61 Å². The number of hydrogen-bond acceptors (Lipinski definition) is 3. The molecule has 1 unspecified atom stereocenters. The van der Waals surface area contributed by atoms with Crippen LogP contribution < -0.4 is 10.1 Å². The van der Waals surface area contributed by atoms with E-state index in [2.05, 4.69) is 21.2 Å². The lowest BCUT2D eigenvalue weighted by molar-refractivity contribution is -0.127. The van der Waals surface area contributed by atoms with Crippen LogP contribution in [-0.2, 0) is 11.4 Å². The zero-order valence-corrected chi connectivity index (χ0v) is 11.7. The molecule has 0 aliphatic heterocycles. The quantitative estimate of drug-likeness (QED) is 0.874. The Morgan fingerprint density at radius 2 is 2.33 bits per heavy atom. The minimum Gasteiger partial charge on any atom is -0.481 e. The molecule has 98 valence electrons. The highest BCUT2D eigenvalue weighted by atomic mass is 79.9. The molecule has 1 amide bonds. The Hall–Kier alpha value is -1.07. The number of carbonyl (C=O) groups excluding carboxylic acids is 1. The zero-order chi connectivity index (χ0) is 13.1. The number of carbonyl (C=O) groups is 1. The average Bonchev–Trinajstić information content (AvgIpc) is 3.15. The van der Waals surface area contributed by atoms with Crippen molar-refractivity contribution in [3.63, 3.8) is 0 Å². The van der Waals surface area contributed by atoms with E-state index in [1.165, 1.54) is 0 Å². The number of amides is 1. The van der Waals surface area contributed by atoms with Gasteiger partial charge in [0.25, 0.3) is 5.91 Å². The normalized spacial score (nSPS) is 16.2. The molecule has 0 radical (unpaired) electrons. The second kappa shape index (κ2) is 5.71. The predicted octanol–water partition coefficient (Wildman–Crippen LogP) is 1.99. The first kappa shape index (κ1) is 13.4. The molecule has 0 heterocycles. The number of nitrogens with one attached hydrogen (secondary N) is 1. The molecule has 0 spiro atoms. The molecule has 0 saturated heterocycles. The lowest BCUT2D eigenvalue weighted by Crippen LogP contribution is -2.37. The van der Waals surface area contributed by atoms with Crippen LogP contribution in [0.15, 0.2) is 22.7 Å². The van der Waals surface area contributed by atoms with Crippen LogP contribution in [0, 0.1) is 0 Å². The van der Waals surface area contributed by atoms with E-state index in [0.717, 1.165) is 22.9 Å². The molecule has 1 aromatic rings. The molecule has 1 aliphatic rings. The van der Waals surface area contributed by atoms with E-state index >= 15 is 0 Å². The van der Waals surface area contributed by atoms with Gasteiger partial charge in [-0.3, -0.25) is 4.79 Å². The third-order valence-electron chi connectivity index (χ3n) is 2.79. The summed E-state index contributed by atoms with van der Waals surface area (Å²) in [7, 11) is 0. The van der Waals surface area contributed by atoms with Gasteiger partial charge < -0.3 is 15.2 Å². The van der Waals surface area contributed by atoms with Gasteiger partial charge in [0.15, 0.2) is 6.10 Å². The van der Waals surface area contributed by atoms with Crippen LogP contribution in [0.3, 0.4) is 0 Å². The Morgan fingerprint density at radius 1 is 1.61 bits per heavy atom. The molecular formula is C13H16BrNO3. The van der Waals surface area contributed by atoms with Crippen LogP contribution in [0.1, 0.15) is 25.3 Å². The molecule has 4 nitrogen and oxygen atoms in total. The highest BCUT2D eigenvalue weighted by molar-refractivity contribution is 9.10. The number of halogens is 1. The summed E-state index contributed by atoms with van der Waals surface area (Å²) in [4.78, 5) is 11.7. The highest BCUT2D eigenvalue weighted by Gasteiger charge is 2.26. The topological polar surface area (TPSA) is 58.6 Å². The van der Waals surface area contributed by atoms with Crippen LogP contribution in [0.5, 0.6) is 5.75 Å². The van der Waals surface area contributed by atoms with Crippen molar-refractivity contribution in [2.75, 3.05) is 0 Å². The molecule has 0 aromatic heterocycles. The summed E-state index contributed by atoms with van der Waals surface area (Å²) < 4.78 is 6.38. The molecular weight excluding hydrogens is 298 g/mol. The van der Waals surface area contributed by atoms with Crippen LogP contribution in [0.25, 0.3) is 0 Å². The fourth-order valence-corrected chi connectivity index (χ4v) is 1.92. The maximum atomic E-state index is 11.7. The molecule has 18 heavy (non-hydrogen) atoms. The molecule has 1 aliphatic carbocycles. The van der Waals surface area contributed by atoms with Gasteiger partial charge >= 0.3 is 0 Å². The Balaban J connectivity index is 1.96. The van der Waals surface area contributed by atoms with Gasteiger partial charge in [-0.2, -0.15) is 0 Å². The summed E-state index contributed by atoms with van der Waals surface area (Å²) in [6, 6.07) is 5.63. The maximum Gasteiger partial charge on any atom is 0.260 e. The van der Waals surface area contributed by atoms with E-state index in [-0.39, 0.29) is 12.5 Å². The number of benzene rings is 1. The van der Waals surface area contributed by atoms with Gasteiger partial charge in [-0.05, 0) is 43.5 Å². The van der Waals surface area contributed by atoms with E-state index in [9.17, 15) is 4.79 Å². The van der Waals surface area contributed by atoms with Gasteiger partial charge in [0.2, 0.25) is 0 Å². The largest absolute Gasteiger partial charge is 0.481 e. The summed E-state index contributed by atoms with van der Waals surface area (Å²) in [5.41, 5.74) is 0.738. The van der Waals surface area contributed by atoms with Crippen molar-refractivity contribution in [2.45, 2.75) is 38.5 Å². The van der Waals surface area contributed by atoms with Crippen molar-refractivity contribution in [1.82, 2.24) is 5.32 Å². The monoisotopic (exact) mass is 313 g/mol. The lowest BCUT2D eigenvalue weighted by atomic mass is 10.2. The van der Waals surface area contributed by atoms with E-state index in [0.29, 0.717) is 11.8 Å². The van der Waals surface area contributed by atoms with Gasteiger partial charge in [-0.15, -0.1) is 0 Å². The van der Waals surface area contributed by atoms with Gasteiger partial charge in [-0.25, -0.2) is 0 Å². The number of ether oxygens (including phenoxy) is 1. The van der Waals surface area contributed by atoms with Crippen LogP contribution in [0.4, 0.5) is 0 Å². The van der Waals surface area contributed by atoms with Crippen molar-refractivity contribution >= 4 is 21.8 Å². The van der Waals surface area contributed by atoms with Crippen LogP contribution in [-0.4, -0.2) is 23.2 Å². The van der Waals surface area contributed by atoms with E-state index in [1.807, 2.05) is 0 Å². The van der Waals surface area contributed by atoms with Crippen molar-refractivity contribution in [1.29, 1.82) is 0 Å². The number of rotatable bonds is 5. The molecule has 2 rings (SSSR count). The third kappa shape index (κ3) is 3.46. The number of aliphatic hydroxyl groups excluding tert-OH is 1. The summed E-state index contributed by atoms with van der Waals surface area (Å²) in [6.45, 7) is 1.65. The van der Waals surface area contributed by atoms with Crippen LogP contribution >= 0.6 is 15.9 Å². The maximum absolute atomic E-state index is 11.7. The Bertz CT molecular complexity index is 446. The minimum absolute atomic E-state index is 0.0690. The summed E-state index contributed by atoms with van der Waals surface area (Å²) in [5, 5.41) is 12.0. The SMILES string of the molecule is CC(Oc1ccc(Br)c(CO)c1)C(=O)NC1CC1. The Labute approximate surface area is 114 Å². The lowest BCUT2D eigenvalue weighted by Gasteiger charge is -2.15. The van der Waals surface area contributed by atoms with E-state index < -0.39 is 6.10 Å². The first-order chi connectivity index (χ1) is 8.60. The van der Waals surface area contributed by atoms with Gasteiger partial charge in [0, 0.05) is 10.5 Å². The predicted molar refractivity (Wildman–Crippen MR) is 71.3 cm³/mol. The standard InChI is InChI=1S/C13H16BrNO3/c1-8(13(17)15-10-2-3-10)18-11-4-5-12(14)9(6-11)7-16/h4-6,8,10,16H,2-3,7H2,1H3,(H,15,17). The molecule has 1 aromatic carbocycles. The van der Waals surface area contributed by atoms with Crippen molar-refractivity contribution in [3.8, 4) is 5.75 Å². The van der Waals surface area contributed by atoms with E-state index in [4.69, 9.17) is 9.84 Å². The second-order valence-electron chi connectivity index (χ2n) is 4.45. The van der Waals surface area contributed by atoms with Crippen molar-refractivity contribution in [2.24, 2.45) is 0 Å². The Morgan fingerprint density at radius 3 is 2.94 bits per heavy atom. The van der Waals surface area contributed by atoms with Gasteiger partial charge in [-0.1, -0.05) is 15.9 Å². The minimum atomic E-state index is -0.529. The Kier molecular flexibility index (Phi) is 4.24. The molecule has 0 bridgehead atoms. The van der Waals surface area contributed by atoms with Crippen LogP contribution in [0.2, 0.25) is 0 Å². The molecule has 2 N–H and O–H groups in total. The van der Waals surface area contributed by atoms with Gasteiger partial charge in [0.1, 0.15) is 5.75 Å². The fourth-order valence-electron chi connectivity index (χ4n) is 1.55. The second-order valence-corrected chi connectivity index (χ2v) is 5.31. The summed E-state index contributed by atoms with van der Waals surface area (Å²) in [5.74, 6) is 0.492. The molecule has 1 atom stereocenters. The number of hydrogen-bond donors (Lipinski definition) is 2. The van der Waals surface area contributed by atoms with E-state index in [1.54, 1.807) is 25.1 Å². The first-order valence-corrected chi connectivity index (χ1v) is 6.75. The first-order valence-electron chi connectivity index (χ1n) is 5.96. The number of aliphatic hydroxyl groups is 1. The van der Waals surface area contributed by atoms with Crippen molar-refractivity contribution < 1.29 is 14.6 Å². The summed E-state index contributed by atoms with van der Waals surface area (Å²) >= 11 is 3.33. The summed E-state index contributed by atoms with van der Waals surface area (Å²) in [6.07, 6.45) is 1.59. The molecule has 1 saturated carbocycles. The third-order valence-corrected chi connectivity index (χ3v) is 3.57. The fraction of sp³-hybridized carbons (Fsp3) is 0.462. The zero-order valence-electron chi connectivity index (χ0n) is 10.1. The smallest absolute Gasteiger partial charge is 0.260 e. The van der Waals surface area contributed by atoms with Crippen molar-refractivity contribution in [3.05, 3.63) is 28.2 Å². The highest BCUT2D eigenvalue weighted by Crippen LogP contribution is 2.24. The molecule has 1 fully saturated rings. The molecule has 5 heteroatoms.